The summed E-state index contributed by atoms with van der Waals surface area (Å²) in [5.74, 6) is -1.19. The molecule has 0 aliphatic rings. The molecule has 0 bridgehead atoms. The highest BCUT2D eigenvalue weighted by atomic mass is 32.2. The van der Waals surface area contributed by atoms with Crippen LogP contribution < -0.4 is 32.3 Å². The Morgan fingerprint density at radius 1 is 0.912 bits per heavy atom. The molecule has 0 spiro atoms. The minimum Gasteiger partial charge on any atom is -0.480 e. The predicted molar refractivity (Wildman–Crippen MR) is 216 cm³/mol. The lowest BCUT2D eigenvalue weighted by Crippen LogP contribution is -2.41. The Labute approximate surface area is 336 Å². The number of rotatable bonds is 28. The van der Waals surface area contributed by atoms with Crippen molar-refractivity contribution in [3.63, 3.8) is 0 Å². The fraction of sp³-hybridized carbons (Fsp3) is 0.568. The third-order valence-electron chi connectivity index (χ3n) is 8.52. The van der Waals surface area contributed by atoms with Crippen LogP contribution in [-0.2, 0) is 39.9 Å². The number of benzene rings is 1. The average Bonchev–Trinajstić information content (AvgIpc) is 3.18. The Kier molecular flexibility index (Phi) is 20.1. The van der Waals surface area contributed by atoms with Crippen LogP contribution in [0.4, 0.5) is 17.5 Å². The van der Waals surface area contributed by atoms with Gasteiger partial charge in [0.05, 0.1) is 51.5 Å². The van der Waals surface area contributed by atoms with Crippen molar-refractivity contribution >= 4 is 64.1 Å². The summed E-state index contributed by atoms with van der Waals surface area (Å²) in [7, 11) is 1.83. The molecule has 3 amide bonds. The van der Waals surface area contributed by atoms with Crippen LogP contribution in [0.2, 0.25) is 0 Å². The first kappa shape index (κ1) is 46.5. The largest absolute Gasteiger partial charge is 0.480 e. The lowest BCUT2D eigenvalue weighted by molar-refractivity contribution is -0.139. The summed E-state index contributed by atoms with van der Waals surface area (Å²) in [6.07, 6.45) is 4.58. The number of carbonyl (C=O) groups excluding carboxylic acids is 3. The zero-order valence-corrected chi connectivity index (χ0v) is 33.9. The number of nitrogens with zero attached hydrogens (tertiary/aromatic N) is 5. The monoisotopic (exact) mass is 816 g/mol. The van der Waals surface area contributed by atoms with E-state index in [9.17, 15) is 24.3 Å². The lowest BCUT2D eigenvalue weighted by Gasteiger charge is -2.23. The number of nitrogens with two attached hydrogens (primary N) is 2. The van der Waals surface area contributed by atoms with Gasteiger partial charge in [0.25, 0.3) is 5.91 Å². The number of nitrogens with one attached hydrogen (secondary N) is 3. The fourth-order valence-electron chi connectivity index (χ4n) is 5.08. The van der Waals surface area contributed by atoms with Gasteiger partial charge in [-0.1, -0.05) is 13.8 Å². The molecule has 8 N–H and O–H groups in total. The van der Waals surface area contributed by atoms with Gasteiger partial charge >= 0.3 is 5.97 Å². The van der Waals surface area contributed by atoms with Crippen molar-refractivity contribution < 1.29 is 43.2 Å². The lowest BCUT2D eigenvalue weighted by atomic mass is 9.89. The second kappa shape index (κ2) is 24.7. The molecular formula is C37H56N10O9S. The molecule has 0 fully saturated rings. The number of amides is 3. The standard InChI is InChI=1S/C37H56N10O9S/c1-37(2,12-15-54-20-21-57-4)35(52)42-24-56-19-18-55-17-16-53-14-5-13-40-29(48)11-10-28(34(50)51)44-33(49)25-6-8-27(9-7-25)47(3)23-26-22-41-32-30(43-26)31(38)45-36(39)46-32/h6-9,22,28H,5,10-21,23-24H2,1-4H3,(H,40,48)(H,42,52)(H,44,49)(H,50,51)(H4,38,39,41,45,46). The maximum Gasteiger partial charge on any atom is 0.326 e. The number of aliphatic carboxylic acids is 1. The molecule has 0 aliphatic carbocycles. The van der Waals surface area contributed by atoms with E-state index < -0.39 is 23.3 Å². The van der Waals surface area contributed by atoms with Gasteiger partial charge in [0.15, 0.2) is 17.0 Å². The SMILES string of the molecule is CSCCOCCC(C)(C)C(=O)NCOCCOCCOCCCNC(=O)CCC(NC(=O)c1ccc(N(C)Cc2cnc3nc(N)nc(N)c3n2)cc1)C(=O)O. The summed E-state index contributed by atoms with van der Waals surface area (Å²) in [5, 5.41) is 17.7. The number of carboxylic acid groups (broad SMARTS) is 1. The number of ether oxygens (including phenoxy) is 4. The van der Waals surface area contributed by atoms with Gasteiger partial charge in [-0.05, 0) is 49.8 Å². The molecule has 314 valence electrons. The first-order valence-corrected chi connectivity index (χ1v) is 19.9. The van der Waals surface area contributed by atoms with E-state index in [0.717, 1.165) is 11.4 Å². The molecule has 20 heteroatoms. The van der Waals surface area contributed by atoms with Gasteiger partial charge in [0, 0.05) is 55.6 Å². The van der Waals surface area contributed by atoms with E-state index in [-0.39, 0.29) is 48.7 Å². The first-order valence-electron chi connectivity index (χ1n) is 18.5. The summed E-state index contributed by atoms with van der Waals surface area (Å²) < 4.78 is 22.0. The zero-order valence-electron chi connectivity index (χ0n) is 33.1. The maximum absolute atomic E-state index is 12.9. The van der Waals surface area contributed by atoms with E-state index in [1.165, 1.54) is 0 Å². The highest BCUT2D eigenvalue weighted by Crippen LogP contribution is 2.21. The van der Waals surface area contributed by atoms with Gasteiger partial charge in [0.2, 0.25) is 17.8 Å². The summed E-state index contributed by atoms with van der Waals surface area (Å²) in [6.45, 7) is 7.53. The van der Waals surface area contributed by atoms with Crippen molar-refractivity contribution in [2.24, 2.45) is 5.41 Å². The molecule has 2 aromatic heterocycles. The molecule has 0 aliphatic heterocycles. The molecule has 0 saturated heterocycles. The van der Waals surface area contributed by atoms with Crippen LogP contribution >= 0.6 is 11.8 Å². The van der Waals surface area contributed by atoms with Crippen LogP contribution in [0.3, 0.4) is 0 Å². The van der Waals surface area contributed by atoms with Crippen molar-refractivity contribution in [2.45, 2.75) is 52.1 Å². The highest BCUT2D eigenvalue weighted by molar-refractivity contribution is 7.98. The number of nitrogen functional groups attached to an aromatic ring is 2. The van der Waals surface area contributed by atoms with E-state index in [1.807, 2.05) is 32.1 Å². The Morgan fingerprint density at radius 3 is 2.30 bits per heavy atom. The van der Waals surface area contributed by atoms with Crippen LogP contribution in [0.5, 0.6) is 0 Å². The van der Waals surface area contributed by atoms with Gasteiger partial charge in [-0.25, -0.2) is 14.8 Å². The predicted octanol–water partition coefficient (Wildman–Crippen LogP) is 1.61. The summed E-state index contributed by atoms with van der Waals surface area (Å²) >= 11 is 1.72. The van der Waals surface area contributed by atoms with Gasteiger partial charge in [0.1, 0.15) is 12.8 Å². The molecule has 1 atom stereocenters. The summed E-state index contributed by atoms with van der Waals surface area (Å²) in [6, 6.07) is 5.34. The van der Waals surface area contributed by atoms with Crippen molar-refractivity contribution in [1.29, 1.82) is 0 Å². The topological polar surface area (TPSA) is 268 Å². The molecule has 3 rings (SSSR count). The summed E-state index contributed by atoms with van der Waals surface area (Å²) in [4.78, 5) is 68.0. The van der Waals surface area contributed by atoms with E-state index in [0.29, 0.717) is 89.0 Å². The number of thioether (sulfide) groups is 1. The number of fused-ring (bicyclic) bond motifs is 1. The fourth-order valence-corrected chi connectivity index (χ4v) is 5.36. The summed E-state index contributed by atoms with van der Waals surface area (Å²) in [5.41, 5.74) is 13.2. The van der Waals surface area contributed by atoms with Crippen LogP contribution in [0.1, 0.15) is 55.6 Å². The molecule has 19 nitrogen and oxygen atoms in total. The molecular weight excluding hydrogens is 761 g/mol. The molecule has 1 unspecified atom stereocenters. The van der Waals surface area contributed by atoms with Gasteiger partial charge < -0.3 is 56.4 Å². The number of carboxylic acids is 1. The Bertz CT molecular complexity index is 1740. The Morgan fingerprint density at radius 2 is 1.60 bits per heavy atom. The van der Waals surface area contributed by atoms with Crippen LogP contribution in [0, 0.1) is 5.41 Å². The van der Waals surface area contributed by atoms with Crippen molar-refractivity contribution in [1.82, 2.24) is 35.9 Å². The van der Waals surface area contributed by atoms with E-state index in [4.69, 9.17) is 30.4 Å². The number of anilines is 3. The van der Waals surface area contributed by atoms with Gasteiger partial charge in [-0.2, -0.15) is 21.7 Å². The van der Waals surface area contributed by atoms with Crippen LogP contribution in [0.25, 0.3) is 11.2 Å². The quantitative estimate of drug-likeness (QED) is 0.0449. The first-order chi connectivity index (χ1) is 27.3. The molecule has 2 heterocycles. The molecule has 0 saturated carbocycles. The normalized spacial score (nSPS) is 11.9. The highest BCUT2D eigenvalue weighted by Gasteiger charge is 2.27. The minimum absolute atomic E-state index is 0.0102. The van der Waals surface area contributed by atoms with Gasteiger partial charge in [-0.15, -0.1) is 0 Å². The molecule has 1 aromatic carbocycles. The average molecular weight is 817 g/mol. The third-order valence-corrected chi connectivity index (χ3v) is 9.09. The zero-order chi connectivity index (χ0) is 41.6. The van der Waals surface area contributed by atoms with E-state index in [2.05, 4.69) is 35.9 Å². The number of carbonyl (C=O) groups is 4. The van der Waals surface area contributed by atoms with Crippen molar-refractivity contribution in [2.75, 3.05) is 94.9 Å². The second-order valence-electron chi connectivity index (χ2n) is 13.5. The number of aromatic nitrogens is 4. The molecule has 57 heavy (non-hydrogen) atoms. The van der Waals surface area contributed by atoms with Gasteiger partial charge in [-0.3, -0.25) is 14.4 Å². The molecule has 0 radical (unpaired) electrons. The van der Waals surface area contributed by atoms with Crippen molar-refractivity contribution in [3.8, 4) is 0 Å². The number of hydrogen-bond acceptors (Lipinski definition) is 16. The van der Waals surface area contributed by atoms with Crippen LogP contribution in [-0.4, -0.2) is 133 Å². The smallest absolute Gasteiger partial charge is 0.326 e. The van der Waals surface area contributed by atoms with E-state index >= 15 is 0 Å². The Balaban J connectivity index is 1.23. The second-order valence-corrected chi connectivity index (χ2v) is 14.5. The maximum atomic E-state index is 12.9. The van der Waals surface area contributed by atoms with Crippen LogP contribution in [0.15, 0.2) is 30.5 Å². The van der Waals surface area contributed by atoms with E-state index in [1.54, 1.807) is 42.2 Å². The Hall–Kier alpha value is -4.89. The van der Waals surface area contributed by atoms with Crippen molar-refractivity contribution in [3.05, 3.63) is 41.7 Å². The number of hydrogen-bond donors (Lipinski definition) is 6. The molecule has 3 aromatic rings. The third kappa shape index (κ3) is 17.0. The minimum atomic E-state index is -1.26.